The molecule has 7 nitrogen and oxygen atoms in total. The molecule has 0 aromatic carbocycles. The van der Waals surface area contributed by atoms with Gasteiger partial charge in [-0.1, -0.05) is 71.1 Å². The van der Waals surface area contributed by atoms with Crippen molar-refractivity contribution in [2.75, 3.05) is 0 Å². The molecule has 0 saturated heterocycles. The Balaban J connectivity index is 3.64. The zero-order chi connectivity index (χ0) is 20.7. The fraction of sp³-hybridized carbons (Fsp3) is 0.850. The molecule has 0 aliphatic carbocycles. The minimum atomic E-state index is -1.66. The van der Waals surface area contributed by atoms with E-state index in [1.165, 1.54) is 0 Å². The van der Waals surface area contributed by atoms with E-state index in [0.717, 1.165) is 57.8 Å². The van der Waals surface area contributed by atoms with Crippen molar-refractivity contribution < 1.29 is 34.8 Å². The predicted octanol–water partition coefficient (Wildman–Crippen LogP) is 4.07. The lowest BCUT2D eigenvalue weighted by Crippen LogP contribution is -2.34. The van der Waals surface area contributed by atoms with E-state index in [-0.39, 0.29) is 18.8 Å². The summed E-state index contributed by atoms with van der Waals surface area (Å²) < 4.78 is 0. The Morgan fingerprint density at radius 2 is 1.11 bits per heavy atom. The molecule has 0 aromatic heterocycles. The first kappa shape index (κ1) is 25.4. The first-order valence-corrected chi connectivity index (χ1v) is 10.0. The Bertz CT molecular complexity index is 432. The van der Waals surface area contributed by atoms with E-state index in [4.69, 9.17) is 15.3 Å². The standard InChI is InChI=1S/C20H36O7/c1-16(13-17(21)22)11-9-7-5-3-2-4-6-8-10-12-20(27,14-18(23)24)15-19(25)26/h16,27H,2-15H2,1H3,(H,21,22)(H,23,24)(H,25,26). The molecule has 0 spiro atoms. The monoisotopic (exact) mass is 388 g/mol. The summed E-state index contributed by atoms with van der Waals surface area (Å²) in [5.74, 6) is -2.86. The second kappa shape index (κ2) is 14.4. The van der Waals surface area contributed by atoms with Gasteiger partial charge in [-0.25, -0.2) is 0 Å². The Kier molecular flexibility index (Phi) is 13.6. The highest BCUT2D eigenvalue weighted by Crippen LogP contribution is 2.24. The summed E-state index contributed by atoms with van der Waals surface area (Å²) in [7, 11) is 0. The average molecular weight is 389 g/mol. The van der Waals surface area contributed by atoms with Crippen molar-refractivity contribution in [2.45, 2.75) is 102 Å². The van der Waals surface area contributed by atoms with E-state index in [0.29, 0.717) is 6.42 Å². The summed E-state index contributed by atoms with van der Waals surface area (Å²) in [5, 5.41) is 36.5. The van der Waals surface area contributed by atoms with Crippen LogP contribution < -0.4 is 0 Å². The van der Waals surface area contributed by atoms with E-state index in [9.17, 15) is 19.5 Å². The Morgan fingerprint density at radius 3 is 1.52 bits per heavy atom. The van der Waals surface area contributed by atoms with Gasteiger partial charge >= 0.3 is 17.9 Å². The van der Waals surface area contributed by atoms with Crippen LogP contribution in [0.4, 0.5) is 0 Å². The third kappa shape index (κ3) is 16.3. The van der Waals surface area contributed by atoms with Gasteiger partial charge < -0.3 is 20.4 Å². The molecule has 0 bridgehead atoms. The number of carboxylic acids is 3. The second-order valence-electron chi connectivity index (χ2n) is 7.79. The molecule has 0 aromatic rings. The van der Waals surface area contributed by atoms with Crippen molar-refractivity contribution in [3.8, 4) is 0 Å². The van der Waals surface area contributed by atoms with Crippen LogP contribution in [0.5, 0.6) is 0 Å². The largest absolute Gasteiger partial charge is 0.481 e. The van der Waals surface area contributed by atoms with Crippen LogP contribution in [-0.4, -0.2) is 43.9 Å². The number of carboxylic acid groups (broad SMARTS) is 3. The smallest absolute Gasteiger partial charge is 0.306 e. The zero-order valence-corrected chi connectivity index (χ0v) is 16.5. The van der Waals surface area contributed by atoms with E-state index < -0.39 is 36.4 Å². The van der Waals surface area contributed by atoms with Crippen molar-refractivity contribution in [1.29, 1.82) is 0 Å². The summed E-state index contributed by atoms with van der Waals surface area (Å²) >= 11 is 0. The molecule has 0 aliphatic heterocycles. The van der Waals surface area contributed by atoms with Gasteiger partial charge in [-0.15, -0.1) is 0 Å². The predicted molar refractivity (Wildman–Crippen MR) is 102 cm³/mol. The highest BCUT2D eigenvalue weighted by molar-refractivity contribution is 5.72. The SMILES string of the molecule is CC(CCCCCCCCCCCC(O)(CC(=O)O)CC(=O)O)CC(=O)O. The molecule has 158 valence electrons. The lowest BCUT2D eigenvalue weighted by Gasteiger charge is -2.24. The molecule has 0 amide bonds. The number of unbranched alkanes of at least 4 members (excludes halogenated alkanes) is 8. The molecule has 27 heavy (non-hydrogen) atoms. The van der Waals surface area contributed by atoms with Crippen molar-refractivity contribution in [3.63, 3.8) is 0 Å². The minimum Gasteiger partial charge on any atom is -0.481 e. The maximum Gasteiger partial charge on any atom is 0.306 e. The van der Waals surface area contributed by atoms with Gasteiger partial charge in [0.2, 0.25) is 0 Å². The molecular weight excluding hydrogens is 352 g/mol. The Morgan fingerprint density at radius 1 is 0.704 bits per heavy atom. The van der Waals surface area contributed by atoms with E-state index in [2.05, 4.69) is 0 Å². The molecular formula is C20H36O7. The Hall–Kier alpha value is -1.63. The fourth-order valence-corrected chi connectivity index (χ4v) is 3.39. The molecule has 0 rings (SSSR count). The van der Waals surface area contributed by atoms with Crippen molar-refractivity contribution in [1.82, 2.24) is 0 Å². The van der Waals surface area contributed by atoms with Crippen LogP contribution in [0, 0.1) is 5.92 Å². The van der Waals surface area contributed by atoms with Gasteiger partial charge in [0.1, 0.15) is 0 Å². The van der Waals surface area contributed by atoms with Crippen molar-refractivity contribution in [3.05, 3.63) is 0 Å². The van der Waals surface area contributed by atoms with Gasteiger partial charge in [-0.2, -0.15) is 0 Å². The highest BCUT2D eigenvalue weighted by Gasteiger charge is 2.32. The van der Waals surface area contributed by atoms with Crippen LogP contribution in [0.2, 0.25) is 0 Å². The van der Waals surface area contributed by atoms with Crippen LogP contribution in [0.3, 0.4) is 0 Å². The molecule has 1 unspecified atom stereocenters. The summed E-state index contributed by atoms with van der Waals surface area (Å²) in [4.78, 5) is 32.1. The van der Waals surface area contributed by atoms with Crippen molar-refractivity contribution in [2.24, 2.45) is 5.92 Å². The number of aliphatic hydroxyl groups is 1. The summed E-state index contributed by atoms with van der Waals surface area (Å²) in [6.45, 7) is 1.97. The molecule has 0 aliphatic rings. The minimum absolute atomic E-state index is 0.195. The normalized spacial score (nSPS) is 12.7. The first-order chi connectivity index (χ1) is 12.6. The van der Waals surface area contributed by atoms with E-state index >= 15 is 0 Å². The number of hydrogen-bond acceptors (Lipinski definition) is 4. The quantitative estimate of drug-likeness (QED) is 0.260. The van der Waals surface area contributed by atoms with Gasteiger partial charge in [0, 0.05) is 6.42 Å². The summed E-state index contributed by atoms with van der Waals surface area (Å²) in [6.07, 6.45) is 9.49. The molecule has 0 radical (unpaired) electrons. The number of aliphatic carboxylic acids is 3. The van der Waals surface area contributed by atoms with Crippen LogP contribution >= 0.6 is 0 Å². The number of carbonyl (C=O) groups is 3. The first-order valence-electron chi connectivity index (χ1n) is 10.0. The van der Waals surface area contributed by atoms with Gasteiger partial charge in [-0.05, 0) is 12.3 Å². The van der Waals surface area contributed by atoms with Gasteiger partial charge in [-0.3, -0.25) is 14.4 Å². The third-order valence-electron chi connectivity index (χ3n) is 4.82. The Labute approximate surface area is 161 Å². The van der Waals surface area contributed by atoms with Crippen LogP contribution in [0.25, 0.3) is 0 Å². The molecule has 4 N–H and O–H groups in total. The van der Waals surface area contributed by atoms with Crippen LogP contribution in [0.1, 0.15) is 96.8 Å². The molecule has 0 heterocycles. The maximum atomic E-state index is 10.8. The molecule has 0 fully saturated rings. The maximum absolute atomic E-state index is 10.8. The van der Waals surface area contributed by atoms with Crippen molar-refractivity contribution >= 4 is 17.9 Å². The number of hydrogen-bond donors (Lipinski definition) is 4. The van der Waals surface area contributed by atoms with Crippen LogP contribution in [0.15, 0.2) is 0 Å². The third-order valence-corrected chi connectivity index (χ3v) is 4.82. The highest BCUT2D eigenvalue weighted by atomic mass is 16.4. The zero-order valence-electron chi connectivity index (χ0n) is 16.5. The number of rotatable bonds is 18. The lowest BCUT2D eigenvalue weighted by atomic mass is 9.89. The van der Waals surface area contributed by atoms with Crippen LogP contribution in [-0.2, 0) is 14.4 Å². The average Bonchev–Trinajstić information content (AvgIpc) is 2.50. The summed E-state index contributed by atoms with van der Waals surface area (Å²) in [6, 6.07) is 0. The lowest BCUT2D eigenvalue weighted by molar-refractivity contribution is -0.149. The molecule has 1 atom stereocenters. The molecule has 0 saturated carbocycles. The summed E-state index contributed by atoms with van der Waals surface area (Å²) in [5.41, 5.74) is -1.66. The van der Waals surface area contributed by atoms with Gasteiger partial charge in [0.05, 0.1) is 18.4 Å². The van der Waals surface area contributed by atoms with Gasteiger partial charge in [0.15, 0.2) is 0 Å². The fourth-order valence-electron chi connectivity index (χ4n) is 3.39. The van der Waals surface area contributed by atoms with Gasteiger partial charge in [0.25, 0.3) is 0 Å². The molecule has 7 heteroatoms. The van der Waals surface area contributed by atoms with E-state index in [1.54, 1.807) is 0 Å². The van der Waals surface area contributed by atoms with E-state index in [1.807, 2.05) is 6.92 Å². The topological polar surface area (TPSA) is 132 Å². The second-order valence-corrected chi connectivity index (χ2v) is 7.79.